The Balaban J connectivity index is 3.21. The van der Waals surface area contributed by atoms with Crippen molar-refractivity contribution in [3.05, 3.63) is 0 Å². The molecule has 0 aliphatic rings. The number of hydrogen-bond donors (Lipinski definition) is 4. The Labute approximate surface area is 81.5 Å². The molecule has 0 aromatic rings. The second-order valence-corrected chi connectivity index (χ2v) is 3.76. The molecule has 0 rings (SSSR count). The van der Waals surface area contributed by atoms with E-state index in [1.165, 1.54) is 0 Å². The Kier molecular flexibility index (Phi) is 6.53. The van der Waals surface area contributed by atoms with Crippen molar-refractivity contribution in [2.45, 2.75) is 0 Å². The molecular weight excluding hydrogens is 275 g/mol. The van der Waals surface area contributed by atoms with Crippen LogP contribution in [-0.4, -0.2) is 30.7 Å². The third-order valence-corrected chi connectivity index (χ3v) is 2.54. The maximum atomic E-state index is 10.6. The van der Waals surface area contributed by atoms with Gasteiger partial charge in [0.2, 0.25) is 0 Å². The minimum atomic E-state index is -0.495. The zero-order valence-corrected chi connectivity index (χ0v) is 9.06. The number of halogens is 1. The van der Waals surface area contributed by atoms with Gasteiger partial charge < -0.3 is 0 Å². The monoisotopic (exact) mass is 287 g/mol. The van der Waals surface area contributed by atoms with Crippen molar-refractivity contribution in [3.8, 4) is 0 Å². The molecular formula is C5H12IN4O2-. The number of amides is 4. The number of urea groups is 2. The van der Waals surface area contributed by atoms with Crippen LogP contribution in [0.5, 0.6) is 0 Å². The molecule has 0 atom stereocenters. The standard InChI is InChI=1S/C5H12IN4O2/c1-7-4(11)9-3-6-10-5(12)8-2/h3H2,1-2H3,(H2,7,9,11)(H2,8,10,12)/q-1. The molecule has 0 aromatic heterocycles. The van der Waals surface area contributed by atoms with Crippen LogP contribution in [0.15, 0.2) is 0 Å². The summed E-state index contributed by atoms with van der Waals surface area (Å²) in [5.41, 5.74) is 0. The molecule has 6 nitrogen and oxygen atoms in total. The van der Waals surface area contributed by atoms with E-state index in [4.69, 9.17) is 0 Å². The Hall–Kier alpha value is -0.730. The number of hydrogen-bond acceptors (Lipinski definition) is 2. The van der Waals surface area contributed by atoms with Gasteiger partial charge >= 0.3 is 81.3 Å². The van der Waals surface area contributed by atoms with Crippen molar-refractivity contribution >= 4 is 12.1 Å². The first-order chi connectivity index (χ1) is 5.70. The number of rotatable bonds is 3. The zero-order chi connectivity index (χ0) is 9.40. The third-order valence-electron chi connectivity index (χ3n) is 0.901. The van der Waals surface area contributed by atoms with Crippen molar-refractivity contribution in [3.63, 3.8) is 0 Å². The molecule has 0 fully saturated rings. The van der Waals surface area contributed by atoms with E-state index in [-0.39, 0.29) is 12.1 Å². The van der Waals surface area contributed by atoms with E-state index in [9.17, 15) is 9.59 Å². The van der Waals surface area contributed by atoms with Crippen LogP contribution < -0.4 is 41.0 Å². The molecule has 0 saturated carbocycles. The molecule has 0 spiro atoms. The topological polar surface area (TPSA) is 82.3 Å². The number of carbonyl (C=O) groups is 2. The van der Waals surface area contributed by atoms with Crippen molar-refractivity contribution < 1.29 is 31.1 Å². The first-order valence-corrected chi connectivity index (χ1v) is 5.82. The van der Waals surface area contributed by atoms with Crippen LogP contribution in [0.1, 0.15) is 0 Å². The van der Waals surface area contributed by atoms with Crippen molar-refractivity contribution in [1.82, 2.24) is 19.5 Å². The molecule has 0 heterocycles. The summed E-state index contributed by atoms with van der Waals surface area (Å²) in [5.74, 6) is 0. The summed E-state index contributed by atoms with van der Waals surface area (Å²) in [6.07, 6.45) is 0. The molecule has 12 heavy (non-hydrogen) atoms. The first kappa shape index (κ1) is 11.3. The van der Waals surface area contributed by atoms with Crippen LogP contribution in [0.2, 0.25) is 0 Å². The summed E-state index contributed by atoms with van der Waals surface area (Å²) in [7, 11) is 3.09. The van der Waals surface area contributed by atoms with E-state index in [1.807, 2.05) is 0 Å². The summed E-state index contributed by atoms with van der Waals surface area (Å²) in [6.45, 7) is 0. The molecule has 0 bridgehead atoms. The fourth-order valence-electron chi connectivity index (χ4n) is 0.324. The molecule has 0 saturated heterocycles. The van der Waals surface area contributed by atoms with Gasteiger partial charge in [-0.2, -0.15) is 0 Å². The SMILES string of the molecule is CNC(=O)NC[I-]NC(=O)NC. The number of carbonyl (C=O) groups excluding carboxylic acids is 2. The Bertz CT molecular complexity index is 146. The average Bonchev–Trinajstić information content (AvgIpc) is 2.11. The van der Waals surface area contributed by atoms with Gasteiger partial charge in [0.1, 0.15) is 0 Å². The van der Waals surface area contributed by atoms with E-state index in [0.29, 0.717) is 4.55 Å². The van der Waals surface area contributed by atoms with E-state index < -0.39 is 21.5 Å². The van der Waals surface area contributed by atoms with Crippen LogP contribution in [0.25, 0.3) is 0 Å². The Morgan fingerprint density at radius 2 is 1.75 bits per heavy atom. The van der Waals surface area contributed by atoms with Gasteiger partial charge in [-0.1, -0.05) is 0 Å². The van der Waals surface area contributed by atoms with Crippen molar-refractivity contribution in [1.29, 1.82) is 0 Å². The molecule has 4 N–H and O–H groups in total. The summed E-state index contributed by atoms with van der Waals surface area (Å²) in [4.78, 5) is 21.2. The normalized spacial score (nSPS) is 8.83. The Morgan fingerprint density at radius 3 is 2.25 bits per heavy atom. The van der Waals surface area contributed by atoms with E-state index in [2.05, 4.69) is 19.5 Å². The summed E-state index contributed by atoms with van der Waals surface area (Å²) < 4.78 is 3.15. The average molecular weight is 287 g/mol. The molecule has 0 aromatic carbocycles. The van der Waals surface area contributed by atoms with E-state index in [1.54, 1.807) is 14.1 Å². The number of nitrogens with one attached hydrogen (secondary N) is 4. The second kappa shape index (κ2) is 6.95. The maximum absolute atomic E-state index is 10.6. The van der Waals surface area contributed by atoms with Crippen molar-refractivity contribution in [2.75, 3.05) is 18.6 Å². The quantitative estimate of drug-likeness (QED) is 0.140. The van der Waals surface area contributed by atoms with Crippen molar-refractivity contribution in [2.24, 2.45) is 0 Å². The van der Waals surface area contributed by atoms with E-state index in [0.717, 1.165) is 0 Å². The number of alkyl halides is 1. The molecule has 4 amide bonds. The second-order valence-electron chi connectivity index (χ2n) is 1.70. The predicted octanol–water partition coefficient (Wildman–Crippen LogP) is -4.19. The van der Waals surface area contributed by atoms with Crippen LogP contribution in [-0.2, 0) is 0 Å². The van der Waals surface area contributed by atoms with Crippen LogP contribution >= 0.6 is 0 Å². The first-order valence-electron chi connectivity index (χ1n) is 3.22. The molecule has 0 radical (unpaired) electrons. The Morgan fingerprint density at radius 1 is 1.17 bits per heavy atom. The summed E-state index contributed by atoms with van der Waals surface area (Å²) >= 11 is -0.495. The fraction of sp³-hybridized carbons (Fsp3) is 0.600. The molecule has 0 unspecified atom stereocenters. The fourth-order valence-corrected chi connectivity index (χ4v) is 1.67. The van der Waals surface area contributed by atoms with Gasteiger partial charge in [0, 0.05) is 0 Å². The molecule has 7 heteroatoms. The van der Waals surface area contributed by atoms with Gasteiger partial charge in [-0.3, -0.25) is 0 Å². The van der Waals surface area contributed by atoms with Crippen LogP contribution in [0, 0.1) is 0 Å². The molecule has 72 valence electrons. The van der Waals surface area contributed by atoms with Gasteiger partial charge in [-0.25, -0.2) is 0 Å². The van der Waals surface area contributed by atoms with E-state index >= 15 is 0 Å². The van der Waals surface area contributed by atoms with Gasteiger partial charge in [0.25, 0.3) is 0 Å². The minimum absolute atomic E-state index is 0.207. The van der Waals surface area contributed by atoms with Gasteiger partial charge in [0.15, 0.2) is 0 Å². The van der Waals surface area contributed by atoms with Gasteiger partial charge in [-0.15, -0.1) is 0 Å². The predicted molar refractivity (Wildman–Crippen MR) is 40.0 cm³/mol. The zero-order valence-electron chi connectivity index (χ0n) is 6.90. The summed E-state index contributed by atoms with van der Waals surface area (Å²) in [6, 6.07) is -0.435. The molecule has 0 aliphatic heterocycles. The molecule has 0 aliphatic carbocycles. The summed E-state index contributed by atoms with van der Waals surface area (Å²) in [5, 5.41) is 7.39. The van der Waals surface area contributed by atoms with Gasteiger partial charge in [-0.05, 0) is 0 Å². The van der Waals surface area contributed by atoms with Crippen LogP contribution in [0.4, 0.5) is 9.59 Å². The van der Waals surface area contributed by atoms with Gasteiger partial charge in [0.05, 0.1) is 0 Å². The third kappa shape index (κ3) is 6.01. The van der Waals surface area contributed by atoms with Crippen LogP contribution in [0.3, 0.4) is 0 Å².